The number of oxazole rings is 1. The van der Waals surface area contributed by atoms with Gasteiger partial charge in [0.15, 0.2) is 11.0 Å². The van der Waals surface area contributed by atoms with E-state index in [1.54, 1.807) is 24.5 Å². The number of aliphatic hydroxyl groups excluding tert-OH is 1. The highest BCUT2D eigenvalue weighted by atomic mass is 32.2. The number of thiazole rings is 1. The van der Waals surface area contributed by atoms with Crippen LogP contribution < -0.4 is 10.6 Å². The van der Waals surface area contributed by atoms with Gasteiger partial charge in [-0.2, -0.15) is 4.31 Å². The molecule has 0 aliphatic rings. The first kappa shape index (κ1) is 27.6. The van der Waals surface area contributed by atoms with Crippen molar-refractivity contribution < 1.29 is 22.7 Å². The zero-order chi connectivity index (χ0) is 27.5. The number of sulfonamides is 1. The maximum atomic E-state index is 12.7. The molecule has 0 saturated heterocycles. The van der Waals surface area contributed by atoms with E-state index in [0.29, 0.717) is 35.1 Å². The Morgan fingerprint density at radius 3 is 2.66 bits per heavy atom. The Bertz CT molecular complexity index is 1540. The highest BCUT2D eigenvalue weighted by molar-refractivity contribution is 7.89. The summed E-state index contributed by atoms with van der Waals surface area (Å²) in [5, 5.41) is 15.0. The summed E-state index contributed by atoms with van der Waals surface area (Å²) in [5.41, 5.74) is 1.94. The lowest BCUT2D eigenvalue weighted by atomic mass is 9.94. The molecular formula is C25H30N6O5S2. The quantitative estimate of drug-likeness (QED) is 0.282. The van der Waals surface area contributed by atoms with Crippen molar-refractivity contribution in [3.05, 3.63) is 54.5 Å². The summed E-state index contributed by atoms with van der Waals surface area (Å²) < 4.78 is 33.1. The number of fused-ring (bicyclic) bond motifs is 1. The third-order valence-electron chi connectivity index (χ3n) is 5.70. The van der Waals surface area contributed by atoms with Crippen molar-refractivity contribution in [1.82, 2.24) is 24.6 Å². The Morgan fingerprint density at radius 1 is 1.16 bits per heavy atom. The number of aliphatic hydroxyl groups is 1. The van der Waals surface area contributed by atoms with E-state index in [4.69, 9.17) is 9.52 Å². The van der Waals surface area contributed by atoms with E-state index < -0.39 is 10.0 Å². The first-order valence-corrected chi connectivity index (χ1v) is 14.2. The maximum absolute atomic E-state index is 12.7. The van der Waals surface area contributed by atoms with E-state index in [1.807, 2.05) is 32.9 Å². The fraction of sp³-hybridized carbons (Fsp3) is 0.360. The lowest BCUT2D eigenvalue weighted by Crippen LogP contribution is -2.30. The second-order valence-electron chi connectivity index (χ2n) is 9.66. The fourth-order valence-electron chi connectivity index (χ4n) is 3.51. The van der Waals surface area contributed by atoms with Crippen molar-refractivity contribution in [2.75, 3.05) is 32.1 Å². The van der Waals surface area contributed by atoms with Crippen LogP contribution in [0.25, 0.3) is 21.3 Å². The molecule has 0 aliphatic heterocycles. The smallest absolute Gasteiger partial charge is 0.321 e. The first-order valence-electron chi connectivity index (χ1n) is 11.9. The lowest BCUT2D eigenvalue weighted by molar-refractivity contribution is 0.252. The van der Waals surface area contributed by atoms with Gasteiger partial charge in [-0.15, -0.1) is 0 Å². The van der Waals surface area contributed by atoms with Crippen LogP contribution in [-0.2, 0) is 21.9 Å². The molecule has 0 aliphatic carbocycles. The van der Waals surface area contributed by atoms with Crippen LogP contribution in [0.2, 0.25) is 0 Å². The molecule has 38 heavy (non-hydrogen) atoms. The summed E-state index contributed by atoms with van der Waals surface area (Å²) in [6.07, 6.45) is 5.04. The Balaban J connectivity index is 1.41. The van der Waals surface area contributed by atoms with E-state index in [1.165, 1.54) is 24.6 Å². The molecule has 0 bridgehead atoms. The minimum Gasteiger partial charge on any atom is -0.445 e. The van der Waals surface area contributed by atoms with Crippen molar-refractivity contribution in [1.29, 1.82) is 0 Å². The average molecular weight is 559 g/mol. The molecule has 3 aromatic heterocycles. The molecule has 11 nitrogen and oxygen atoms in total. The van der Waals surface area contributed by atoms with Gasteiger partial charge in [-0.05, 0) is 23.8 Å². The number of rotatable bonds is 9. The van der Waals surface area contributed by atoms with Gasteiger partial charge in [-0.1, -0.05) is 38.2 Å². The molecule has 2 amide bonds. The van der Waals surface area contributed by atoms with Gasteiger partial charge in [0.2, 0.25) is 10.0 Å². The van der Waals surface area contributed by atoms with Gasteiger partial charge in [-0.3, -0.25) is 10.3 Å². The predicted molar refractivity (Wildman–Crippen MR) is 146 cm³/mol. The number of hydrogen-bond donors (Lipinski definition) is 3. The van der Waals surface area contributed by atoms with Gasteiger partial charge in [-0.25, -0.2) is 23.2 Å². The molecule has 13 heteroatoms. The van der Waals surface area contributed by atoms with Crippen molar-refractivity contribution in [2.24, 2.45) is 0 Å². The zero-order valence-electron chi connectivity index (χ0n) is 21.6. The van der Waals surface area contributed by atoms with E-state index in [9.17, 15) is 13.2 Å². The van der Waals surface area contributed by atoms with Crippen molar-refractivity contribution >= 4 is 42.7 Å². The molecule has 0 atom stereocenters. The number of carbonyl (C=O) groups is 1. The molecule has 3 heterocycles. The number of carbonyl (C=O) groups excluding carboxylic acids is 1. The molecule has 0 fully saturated rings. The van der Waals surface area contributed by atoms with Gasteiger partial charge >= 0.3 is 6.03 Å². The Labute approximate surface area is 225 Å². The number of anilines is 1. The summed E-state index contributed by atoms with van der Waals surface area (Å²) in [7, 11) is -2.37. The Kier molecular flexibility index (Phi) is 8.11. The third-order valence-corrected chi connectivity index (χ3v) is 8.45. The largest absolute Gasteiger partial charge is 0.445 e. The highest BCUT2D eigenvalue weighted by Crippen LogP contribution is 2.31. The number of benzene rings is 1. The van der Waals surface area contributed by atoms with E-state index >= 15 is 0 Å². The number of urea groups is 1. The number of nitrogens with one attached hydrogen (secondary N) is 2. The zero-order valence-corrected chi connectivity index (χ0v) is 23.2. The first-order chi connectivity index (χ1) is 18.0. The Hall–Kier alpha value is -3.39. The predicted octanol–water partition coefficient (Wildman–Crippen LogP) is 3.62. The van der Waals surface area contributed by atoms with Crippen LogP contribution in [-0.4, -0.2) is 65.6 Å². The van der Waals surface area contributed by atoms with Crippen molar-refractivity contribution in [3.63, 3.8) is 0 Å². The van der Waals surface area contributed by atoms with Gasteiger partial charge in [0.05, 0.1) is 23.0 Å². The van der Waals surface area contributed by atoms with Gasteiger partial charge in [0.1, 0.15) is 10.7 Å². The van der Waals surface area contributed by atoms with E-state index in [0.717, 1.165) is 20.3 Å². The minimum atomic E-state index is -3.78. The van der Waals surface area contributed by atoms with E-state index in [-0.39, 0.29) is 29.5 Å². The molecule has 1 aromatic carbocycles. The standard InChI is InChI=1S/C25H30N6O5S2/c1-25(2,3)21-15-28-22(36-21)7-8-27-23(33)30-24-29-19-6-5-16(12-20(19)37-24)17-11-18(14-26-13-17)38(34,35)31(4)9-10-32/h5-6,11-15,32H,7-10H2,1-4H3,(H2,27,29,30,33). The number of aromatic nitrogens is 3. The number of pyridine rings is 1. The van der Waals surface area contributed by atoms with Crippen LogP contribution in [0.15, 0.2) is 52.2 Å². The highest BCUT2D eigenvalue weighted by Gasteiger charge is 2.22. The van der Waals surface area contributed by atoms with Gasteiger partial charge in [0.25, 0.3) is 0 Å². The van der Waals surface area contributed by atoms with Gasteiger partial charge < -0.3 is 14.8 Å². The summed E-state index contributed by atoms with van der Waals surface area (Å²) in [5.74, 6) is 1.36. The summed E-state index contributed by atoms with van der Waals surface area (Å²) in [6.45, 7) is 6.19. The maximum Gasteiger partial charge on any atom is 0.321 e. The normalized spacial score (nSPS) is 12.3. The number of hydrogen-bond acceptors (Lipinski definition) is 9. The summed E-state index contributed by atoms with van der Waals surface area (Å²) in [6, 6.07) is 6.65. The lowest BCUT2D eigenvalue weighted by Gasteiger charge is -2.16. The van der Waals surface area contributed by atoms with E-state index in [2.05, 4.69) is 25.6 Å². The van der Waals surface area contributed by atoms with Crippen LogP contribution in [0.3, 0.4) is 0 Å². The second kappa shape index (κ2) is 11.2. The molecule has 0 saturated carbocycles. The topological polar surface area (TPSA) is 151 Å². The van der Waals surface area contributed by atoms with Crippen LogP contribution in [0.4, 0.5) is 9.93 Å². The third kappa shape index (κ3) is 6.35. The molecule has 0 spiro atoms. The fourth-order valence-corrected chi connectivity index (χ4v) is 5.57. The van der Waals surface area contributed by atoms with Crippen LogP contribution >= 0.6 is 11.3 Å². The monoisotopic (exact) mass is 558 g/mol. The molecule has 3 N–H and O–H groups in total. The summed E-state index contributed by atoms with van der Waals surface area (Å²) in [4.78, 5) is 25.2. The number of amides is 2. The number of nitrogens with zero attached hydrogens (tertiary/aromatic N) is 4. The molecular weight excluding hydrogens is 528 g/mol. The average Bonchev–Trinajstić information content (AvgIpc) is 3.50. The number of likely N-dealkylation sites (N-methyl/N-ethyl adjacent to an activating group) is 1. The van der Waals surface area contributed by atoms with Gasteiger partial charge in [0, 0.05) is 49.9 Å². The molecule has 4 rings (SSSR count). The molecule has 4 aromatic rings. The second-order valence-corrected chi connectivity index (χ2v) is 12.7. The van der Waals surface area contributed by atoms with Crippen molar-refractivity contribution in [3.8, 4) is 11.1 Å². The van der Waals surface area contributed by atoms with Crippen LogP contribution in [0.1, 0.15) is 32.4 Å². The summed E-state index contributed by atoms with van der Waals surface area (Å²) >= 11 is 1.30. The minimum absolute atomic E-state index is 0.0133. The van der Waals surface area contributed by atoms with Crippen LogP contribution in [0.5, 0.6) is 0 Å². The molecule has 0 unspecified atom stereocenters. The molecule has 202 valence electrons. The SMILES string of the molecule is CN(CCO)S(=O)(=O)c1cncc(-c2ccc3nc(NC(=O)NCCc4ncc(C(C)(C)C)o4)sc3c2)c1. The molecule has 0 radical (unpaired) electrons. The van der Waals surface area contributed by atoms with Crippen molar-refractivity contribution in [2.45, 2.75) is 37.5 Å². The van der Waals surface area contributed by atoms with Crippen LogP contribution in [0, 0.1) is 0 Å². The Morgan fingerprint density at radius 2 is 1.95 bits per heavy atom.